The highest BCUT2D eigenvalue weighted by atomic mass is 16.2. The highest BCUT2D eigenvalue weighted by molar-refractivity contribution is 6.41. The normalized spacial score (nSPS) is 15.9. The van der Waals surface area contributed by atoms with E-state index in [0.29, 0.717) is 18.8 Å². The largest absolute Gasteiger partial charge is 0.336 e. The molecular weight excluding hydrogens is 244 g/mol. The van der Waals surface area contributed by atoms with Gasteiger partial charge < -0.3 is 9.80 Å². The molecule has 0 aliphatic carbocycles. The molecule has 19 heavy (non-hydrogen) atoms. The number of nitrogens with zero attached hydrogens (tertiary/aromatic N) is 2. The van der Waals surface area contributed by atoms with E-state index in [9.17, 15) is 14.4 Å². The summed E-state index contributed by atoms with van der Waals surface area (Å²) in [6.45, 7) is 2.46. The number of amides is 2. The van der Waals surface area contributed by atoms with Crippen LogP contribution in [0.25, 0.3) is 0 Å². The number of Topliss-reactive ketones (excluding diaryl/α,β-unsaturated/α-hetero) is 1. The van der Waals surface area contributed by atoms with Gasteiger partial charge >= 0.3 is 11.8 Å². The quantitative estimate of drug-likeness (QED) is 0.749. The molecule has 5 heteroatoms. The third kappa shape index (κ3) is 2.65. The molecular formula is C14H16N2O3. The Balaban J connectivity index is 2.34. The van der Waals surface area contributed by atoms with Crippen LogP contribution >= 0.6 is 0 Å². The topological polar surface area (TPSA) is 57.7 Å². The molecule has 0 atom stereocenters. The van der Waals surface area contributed by atoms with E-state index in [-0.39, 0.29) is 12.2 Å². The number of carbonyl (C=O) groups is 3. The average molecular weight is 260 g/mol. The lowest BCUT2D eigenvalue weighted by Crippen LogP contribution is -2.53. The number of anilines is 1. The Hall–Kier alpha value is -2.17. The van der Waals surface area contributed by atoms with Gasteiger partial charge in [-0.2, -0.15) is 0 Å². The van der Waals surface area contributed by atoms with E-state index in [1.54, 1.807) is 19.2 Å². The predicted molar refractivity (Wildman–Crippen MR) is 70.8 cm³/mol. The molecule has 0 unspecified atom stereocenters. The Morgan fingerprint density at radius 3 is 2.53 bits per heavy atom. The summed E-state index contributed by atoms with van der Waals surface area (Å²) in [4.78, 5) is 37.9. The molecule has 0 bridgehead atoms. The minimum Gasteiger partial charge on any atom is -0.336 e. The second kappa shape index (κ2) is 5.22. The van der Waals surface area contributed by atoms with Gasteiger partial charge in [0.25, 0.3) is 0 Å². The van der Waals surface area contributed by atoms with Gasteiger partial charge in [-0.15, -0.1) is 0 Å². The van der Waals surface area contributed by atoms with Gasteiger partial charge in [-0.25, -0.2) is 0 Å². The maximum Gasteiger partial charge on any atom is 0.316 e. The van der Waals surface area contributed by atoms with Crippen LogP contribution in [-0.2, 0) is 20.8 Å². The van der Waals surface area contributed by atoms with Crippen molar-refractivity contribution in [3.63, 3.8) is 0 Å². The molecule has 1 fully saturated rings. The van der Waals surface area contributed by atoms with E-state index in [1.165, 1.54) is 16.7 Å². The van der Waals surface area contributed by atoms with Crippen LogP contribution in [0, 0.1) is 0 Å². The smallest absolute Gasteiger partial charge is 0.316 e. The molecule has 1 heterocycles. The zero-order valence-electron chi connectivity index (χ0n) is 11.0. The molecule has 1 aliphatic rings. The fourth-order valence-corrected chi connectivity index (χ4v) is 2.15. The van der Waals surface area contributed by atoms with Gasteiger partial charge in [0.1, 0.15) is 5.78 Å². The molecule has 0 N–H and O–H groups in total. The summed E-state index contributed by atoms with van der Waals surface area (Å²) in [5.41, 5.74) is 1.44. The summed E-state index contributed by atoms with van der Waals surface area (Å²) in [5, 5.41) is 0. The first-order valence-electron chi connectivity index (χ1n) is 6.15. The number of ketones is 1. The zero-order valence-corrected chi connectivity index (χ0v) is 11.0. The van der Waals surface area contributed by atoms with Crippen molar-refractivity contribution in [3.8, 4) is 0 Å². The van der Waals surface area contributed by atoms with Gasteiger partial charge in [-0.3, -0.25) is 14.4 Å². The third-order valence-electron chi connectivity index (χ3n) is 3.16. The summed E-state index contributed by atoms with van der Waals surface area (Å²) in [5.74, 6) is -1.02. The number of piperazine rings is 1. The predicted octanol–water partition coefficient (Wildman–Crippen LogP) is 0.623. The van der Waals surface area contributed by atoms with Crippen LogP contribution in [0.5, 0.6) is 0 Å². The standard InChI is InChI=1S/C14H16N2O3/c1-10(17)9-11-5-3-4-6-12(11)16-8-7-15(2)13(18)14(16)19/h3-6H,7-9H2,1-2H3. The van der Waals surface area contributed by atoms with Crippen molar-refractivity contribution < 1.29 is 14.4 Å². The van der Waals surface area contributed by atoms with Gasteiger partial charge in [0, 0.05) is 32.2 Å². The number of carbonyl (C=O) groups excluding carboxylic acids is 3. The maximum absolute atomic E-state index is 12.0. The van der Waals surface area contributed by atoms with Crippen molar-refractivity contribution in [2.24, 2.45) is 0 Å². The lowest BCUT2D eigenvalue weighted by molar-refractivity contribution is -0.145. The van der Waals surface area contributed by atoms with E-state index in [4.69, 9.17) is 0 Å². The Bertz CT molecular complexity index is 539. The number of para-hydroxylation sites is 1. The van der Waals surface area contributed by atoms with Gasteiger partial charge in [0.05, 0.1) is 0 Å². The molecule has 0 saturated carbocycles. The summed E-state index contributed by atoms with van der Waals surface area (Å²) in [7, 11) is 1.61. The molecule has 0 spiro atoms. The van der Waals surface area contributed by atoms with E-state index in [1.807, 2.05) is 12.1 Å². The number of hydrogen-bond donors (Lipinski definition) is 0. The fourth-order valence-electron chi connectivity index (χ4n) is 2.15. The highest BCUT2D eigenvalue weighted by Gasteiger charge is 2.32. The van der Waals surface area contributed by atoms with Crippen molar-refractivity contribution in [2.45, 2.75) is 13.3 Å². The van der Waals surface area contributed by atoms with Crippen molar-refractivity contribution >= 4 is 23.3 Å². The van der Waals surface area contributed by atoms with Crippen molar-refractivity contribution in [1.82, 2.24) is 4.90 Å². The lowest BCUT2D eigenvalue weighted by atomic mass is 10.1. The van der Waals surface area contributed by atoms with E-state index in [0.717, 1.165) is 5.56 Å². The summed E-state index contributed by atoms with van der Waals surface area (Å²) in [6, 6.07) is 7.21. The highest BCUT2D eigenvalue weighted by Crippen LogP contribution is 2.23. The molecule has 0 aromatic heterocycles. The summed E-state index contributed by atoms with van der Waals surface area (Å²) in [6.07, 6.45) is 0.268. The van der Waals surface area contributed by atoms with E-state index in [2.05, 4.69) is 0 Å². The van der Waals surface area contributed by atoms with E-state index >= 15 is 0 Å². The molecule has 1 saturated heterocycles. The number of benzene rings is 1. The minimum atomic E-state index is -0.537. The first kappa shape index (κ1) is 13.3. The number of hydrogen-bond acceptors (Lipinski definition) is 3. The first-order chi connectivity index (χ1) is 9.00. The van der Waals surface area contributed by atoms with Crippen molar-refractivity contribution in [2.75, 3.05) is 25.0 Å². The average Bonchev–Trinajstić information content (AvgIpc) is 2.37. The second-order valence-electron chi connectivity index (χ2n) is 4.69. The van der Waals surface area contributed by atoms with Gasteiger partial charge in [0.2, 0.25) is 0 Å². The molecule has 1 aromatic carbocycles. The van der Waals surface area contributed by atoms with Crippen LogP contribution in [0.1, 0.15) is 12.5 Å². The molecule has 100 valence electrons. The van der Waals surface area contributed by atoms with Gasteiger partial charge in [0.15, 0.2) is 0 Å². The lowest BCUT2D eigenvalue weighted by Gasteiger charge is -2.32. The summed E-state index contributed by atoms with van der Waals surface area (Å²) < 4.78 is 0. The van der Waals surface area contributed by atoms with Crippen LogP contribution in [-0.4, -0.2) is 42.6 Å². The van der Waals surface area contributed by atoms with Crippen LogP contribution in [0.4, 0.5) is 5.69 Å². The Labute approximate surface area is 111 Å². The SMILES string of the molecule is CC(=O)Cc1ccccc1N1CCN(C)C(=O)C1=O. The number of likely N-dealkylation sites (N-methyl/N-ethyl adjacent to an activating group) is 1. The van der Waals surface area contributed by atoms with Crippen LogP contribution in [0.2, 0.25) is 0 Å². The molecule has 0 radical (unpaired) electrons. The molecule has 5 nitrogen and oxygen atoms in total. The van der Waals surface area contributed by atoms with Crippen molar-refractivity contribution in [3.05, 3.63) is 29.8 Å². The van der Waals surface area contributed by atoms with Crippen LogP contribution < -0.4 is 4.90 Å². The first-order valence-corrected chi connectivity index (χ1v) is 6.15. The Morgan fingerprint density at radius 1 is 1.16 bits per heavy atom. The van der Waals surface area contributed by atoms with Crippen LogP contribution in [0.15, 0.2) is 24.3 Å². The Morgan fingerprint density at radius 2 is 1.84 bits per heavy atom. The Kier molecular flexibility index (Phi) is 3.64. The number of rotatable bonds is 3. The molecule has 1 aromatic rings. The summed E-state index contributed by atoms with van der Waals surface area (Å²) >= 11 is 0. The van der Waals surface area contributed by atoms with Gasteiger partial charge in [-0.05, 0) is 18.6 Å². The second-order valence-corrected chi connectivity index (χ2v) is 4.69. The molecule has 1 aliphatic heterocycles. The zero-order chi connectivity index (χ0) is 14.0. The monoisotopic (exact) mass is 260 g/mol. The molecule has 2 amide bonds. The molecule has 2 rings (SSSR count). The maximum atomic E-state index is 12.0. The fraction of sp³-hybridized carbons (Fsp3) is 0.357. The van der Waals surface area contributed by atoms with Crippen LogP contribution in [0.3, 0.4) is 0 Å². The van der Waals surface area contributed by atoms with Crippen molar-refractivity contribution in [1.29, 1.82) is 0 Å². The van der Waals surface area contributed by atoms with Gasteiger partial charge in [-0.1, -0.05) is 18.2 Å². The minimum absolute atomic E-state index is 0.0281. The third-order valence-corrected chi connectivity index (χ3v) is 3.16. The van der Waals surface area contributed by atoms with E-state index < -0.39 is 11.8 Å².